The van der Waals surface area contributed by atoms with Crippen molar-refractivity contribution in [3.63, 3.8) is 0 Å². The second-order valence-electron chi connectivity index (χ2n) is 5.57. The first kappa shape index (κ1) is 17.2. The summed E-state index contributed by atoms with van der Waals surface area (Å²) in [6.45, 7) is 3.53. The Hall–Kier alpha value is -2.66. The smallest absolute Gasteiger partial charge is 0.347 e. The second kappa shape index (κ2) is 7.49. The van der Waals surface area contributed by atoms with E-state index < -0.39 is 12.1 Å². The summed E-state index contributed by atoms with van der Waals surface area (Å²) in [6, 6.07) is 14.4. The highest BCUT2D eigenvalue weighted by Gasteiger charge is 2.17. The zero-order chi connectivity index (χ0) is 17.8. The Balaban J connectivity index is 1.63. The van der Waals surface area contributed by atoms with Gasteiger partial charge in [-0.2, -0.15) is 0 Å². The van der Waals surface area contributed by atoms with Crippen LogP contribution < -0.4 is 4.74 Å². The van der Waals surface area contributed by atoms with Gasteiger partial charge in [-0.25, -0.2) is 14.8 Å². The molecule has 0 saturated carbocycles. The molecule has 0 aliphatic rings. The van der Waals surface area contributed by atoms with Crippen LogP contribution in [0.2, 0.25) is 5.02 Å². The van der Waals surface area contributed by atoms with E-state index in [9.17, 15) is 4.79 Å². The molecule has 0 bridgehead atoms. The van der Waals surface area contributed by atoms with Crippen LogP contribution in [0.4, 0.5) is 0 Å². The van der Waals surface area contributed by atoms with E-state index in [1.165, 1.54) is 0 Å². The van der Waals surface area contributed by atoms with Crippen molar-refractivity contribution in [1.82, 2.24) is 9.97 Å². The van der Waals surface area contributed by atoms with Gasteiger partial charge in [0.05, 0.1) is 22.4 Å². The number of aromatic nitrogens is 2. The lowest BCUT2D eigenvalue weighted by molar-refractivity contribution is -0.152. The molecule has 5 nitrogen and oxygen atoms in total. The van der Waals surface area contributed by atoms with Gasteiger partial charge < -0.3 is 9.47 Å². The molecule has 25 heavy (non-hydrogen) atoms. The maximum absolute atomic E-state index is 12.1. The van der Waals surface area contributed by atoms with Crippen molar-refractivity contribution < 1.29 is 14.3 Å². The lowest BCUT2D eigenvalue weighted by Gasteiger charge is -2.14. The third-order valence-electron chi connectivity index (χ3n) is 3.65. The second-order valence-corrected chi connectivity index (χ2v) is 6.00. The van der Waals surface area contributed by atoms with E-state index in [0.29, 0.717) is 16.5 Å². The summed E-state index contributed by atoms with van der Waals surface area (Å²) in [5.41, 5.74) is 2.95. The first-order valence-corrected chi connectivity index (χ1v) is 8.22. The van der Waals surface area contributed by atoms with Crippen molar-refractivity contribution in [2.75, 3.05) is 0 Å². The lowest BCUT2D eigenvalue weighted by Crippen LogP contribution is -2.26. The Kier molecular flexibility index (Phi) is 5.14. The molecule has 0 N–H and O–H groups in total. The number of aryl methyl sites for hydroxylation is 1. The molecule has 3 aromatic rings. The number of rotatable bonds is 5. The van der Waals surface area contributed by atoms with E-state index in [-0.39, 0.29) is 6.61 Å². The molecule has 1 heterocycles. The summed E-state index contributed by atoms with van der Waals surface area (Å²) in [5, 5.41) is 0.605. The summed E-state index contributed by atoms with van der Waals surface area (Å²) in [5.74, 6) is 0.0832. The van der Waals surface area contributed by atoms with Gasteiger partial charge >= 0.3 is 5.97 Å². The highest BCUT2D eigenvalue weighted by atomic mass is 35.5. The van der Waals surface area contributed by atoms with Gasteiger partial charge in [-0.05, 0) is 50.2 Å². The van der Waals surface area contributed by atoms with E-state index >= 15 is 0 Å². The minimum Gasteiger partial charge on any atom is -0.479 e. The van der Waals surface area contributed by atoms with Crippen LogP contribution >= 0.6 is 11.6 Å². The molecular weight excluding hydrogens is 340 g/mol. The summed E-state index contributed by atoms with van der Waals surface area (Å²) < 4.78 is 10.9. The zero-order valence-electron chi connectivity index (χ0n) is 13.9. The maximum Gasteiger partial charge on any atom is 0.347 e. The molecule has 0 unspecified atom stereocenters. The summed E-state index contributed by atoms with van der Waals surface area (Å²) in [7, 11) is 0. The fraction of sp³-hybridized carbons (Fsp3) is 0.211. The van der Waals surface area contributed by atoms with Crippen molar-refractivity contribution >= 4 is 28.6 Å². The van der Waals surface area contributed by atoms with Crippen molar-refractivity contribution in [3.8, 4) is 5.75 Å². The Morgan fingerprint density at radius 1 is 1.08 bits per heavy atom. The van der Waals surface area contributed by atoms with Gasteiger partial charge in [-0.15, -0.1) is 0 Å². The van der Waals surface area contributed by atoms with Crippen molar-refractivity contribution in [3.05, 3.63) is 64.9 Å². The van der Waals surface area contributed by atoms with Gasteiger partial charge in [0.25, 0.3) is 0 Å². The highest BCUT2D eigenvalue weighted by molar-refractivity contribution is 6.30. The first-order chi connectivity index (χ1) is 12.0. The molecule has 3 rings (SSSR count). The number of halogens is 1. The Morgan fingerprint density at radius 3 is 2.40 bits per heavy atom. The van der Waals surface area contributed by atoms with Crippen molar-refractivity contribution in [2.45, 2.75) is 26.6 Å². The van der Waals surface area contributed by atoms with Crippen LogP contribution in [-0.4, -0.2) is 22.0 Å². The molecule has 0 aliphatic carbocycles. The molecular formula is C19H17ClN2O3. The topological polar surface area (TPSA) is 61.3 Å². The number of carbonyl (C=O) groups is 1. The largest absolute Gasteiger partial charge is 0.479 e. The molecule has 1 atom stereocenters. The molecule has 0 saturated heterocycles. The molecule has 128 valence electrons. The summed E-state index contributed by atoms with van der Waals surface area (Å²) >= 11 is 5.82. The molecule has 1 aromatic heterocycles. The van der Waals surface area contributed by atoms with Gasteiger partial charge in [-0.3, -0.25) is 0 Å². The van der Waals surface area contributed by atoms with Gasteiger partial charge in [0.1, 0.15) is 12.4 Å². The number of para-hydroxylation sites is 2. The lowest BCUT2D eigenvalue weighted by atomic mass is 10.2. The predicted molar refractivity (Wildman–Crippen MR) is 95.6 cm³/mol. The molecule has 0 fully saturated rings. The third kappa shape index (κ3) is 4.25. The highest BCUT2D eigenvalue weighted by Crippen LogP contribution is 2.18. The van der Waals surface area contributed by atoms with Crippen LogP contribution in [0.3, 0.4) is 0 Å². The summed E-state index contributed by atoms with van der Waals surface area (Å²) in [4.78, 5) is 21.1. The Labute approximate surface area is 150 Å². The zero-order valence-corrected chi connectivity index (χ0v) is 14.7. The van der Waals surface area contributed by atoms with Crippen LogP contribution in [0.1, 0.15) is 18.3 Å². The normalized spacial score (nSPS) is 12.0. The quantitative estimate of drug-likeness (QED) is 0.644. The van der Waals surface area contributed by atoms with E-state index in [2.05, 4.69) is 9.97 Å². The Morgan fingerprint density at radius 2 is 1.72 bits per heavy atom. The molecule has 2 aromatic carbocycles. The number of hydrogen-bond donors (Lipinski definition) is 0. The molecule has 6 heteroatoms. The number of carbonyl (C=O) groups excluding carboxylic acids is 1. The SMILES string of the molecule is Cc1nc2ccccc2nc1COC(=O)[C@@H](C)Oc1ccc(Cl)cc1. The van der Waals surface area contributed by atoms with Gasteiger partial charge in [0.15, 0.2) is 6.10 Å². The third-order valence-corrected chi connectivity index (χ3v) is 3.90. The number of hydrogen-bond acceptors (Lipinski definition) is 5. The summed E-state index contributed by atoms with van der Waals surface area (Å²) in [6.07, 6.45) is -0.741. The number of fused-ring (bicyclic) bond motifs is 1. The number of nitrogens with zero attached hydrogens (tertiary/aromatic N) is 2. The van der Waals surface area contributed by atoms with Crippen molar-refractivity contribution in [1.29, 1.82) is 0 Å². The van der Waals surface area contributed by atoms with Gasteiger partial charge in [0, 0.05) is 5.02 Å². The predicted octanol–water partition coefficient (Wildman–Crippen LogP) is 4.10. The number of ether oxygens (including phenoxy) is 2. The molecule has 0 aliphatic heterocycles. The van der Waals surface area contributed by atoms with Gasteiger partial charge in [0.2, 0.25) is 0 Å². The van der Waals surface area contributed by atoms with Crippen LogP contribution in [0.5, 0.6) is 5.75 Å². The van der Waals surface area contributed by atoms with E-state index in [1.807, 2.05) is 31.2 Å². The number of esters is 1. The van der Waals surface area contributed by atoms with Crippen LogP contribution in [0.15, 0.2) is 48.5 Å². The molecule has 0 radical (unpaired) electrons. The van der Waals surface area contributed by atoms with E-state index in [0.717, 1.165) is 16.7 Å². The van der Waals surface area contributed by atoms with E-state index in [1.54, 1.807) is 31.2 Å². The molecule has 0 spiro atoms. The van der Waals surface area contributed by atoms with Crippen LogP contribution in [0.25, 0.3) is 11.0 Å². The average molecular weight is 357 g/mol. The fourth-order valence-corrected chi connectivity index (χ4v) is 2.41. The van der Waals surface area contributed by atoms with Crippen LogP contribution in [0, 0.1) is 6.92 Å². The minimum absolute atomic E-state index is 0.0524. The minimum atomic E-state index is -0.741. The fourth-order valence-electron chi connectivity index (χ4n) is 2.28. The molecule has 0 amide bonds. The van der Waals surface area contributed by atoms with Gasteiger partial charge in [-0.1, -0.05) is 23.7 Å². The maximum atomic E-state index is 12.1. The average Bonchev–Trinajstić information content (AvgIpc) is 2.61. The number of benzene rings is 2. The standard InChI is InChI=1S/C19H17ClN2O3/c1-12-18(22-17-6-4-3-5-16(17)21-12)11-24-19(23)13(2)25-15-9-7-14(20)8-10-15/h3-10,13H,11H2,1-2H3/t13-/m1/s1. The monoisotopic (exact) mass is 356 g/mol. The Bertz CT molecular complexity index is 897. The van der Waals surface area contributed by atoms with E-state index in [4.69, 9.17) is 21.1 Å². The van der Waals surface area contributed by atoms with Crippen LogP contribution in [-0.2, 0) is 16.1 Å². The first-order valence-electron chi connectivity index (χ1n) is 7.84. The van der Waals surface area contributed by atoms with Crippen molar-refractivity contribution in [2.24, 2.45) is 0 Å².